The Labute approximate surface area is 129 Å². The summed E-state index contributed by atoms with van der Waals surface area (Å²) in [7, 11) is 0. The lowest BCUT2D eigenvalue weighted by atomic mass is 10.0. The molecule has 0 saturated heterocycles. The van der Waals surface area contributed by atoms with Crippen molar-refractivity contribution >= 4 is 11.6 Å². The lowest BCUT2D eigenvalue weighted by Crippen LogP contribution is -2.56. The lowest BCUT2D eigenvalue weighted by Gasteiger charge is -2.32. The summed E-state index contributed by atoms with van der Waals surface area (Å²) in [4.78, 5) is 12.0. The van der Waals surface area contributed by atoms with Crippen LogP contribution in [0.4, 0.5) is 13.2 Å². The summed E-state index contributed by atoms with van der Waals surface area (Å²) >= 11 is 0. The molecule has 4 nitrogen and oxygen atoms in total. The Morgan fingerprint density at radius 1 is 1.23 bits per heavy atom. The number of hydrazone groups is 1. The monoisotopic (exact) mass is 322 g/mol. The van der Waals surface area contributed by atoms with Gasteiger partial charge in [0.2, 0.25) is 5.91 Å². The summed E-state index contributed by atoms with van der Waals surface area (Å²) in [5.41, 5.74) is -2.96. The fraction of sp³-hybridized carbons (Fsp3) is 0.867. The van der Waals surface area contributed by atoms with Crippen LogP contribution in [0.1, 0.15) is 71.6 Å². The van der Waals surface area contributed by atoms with Gasteiger partial charge in [0.05, 0.1) is 0 Å². The molecular weight excluding hydrogens is 297 g/mol. The van der Waals surface area contributed by atoms with Gasteiger partial charge >= 0.3 is 6.18 Å². The molecular formula is C15H25F3N2O2. The second-order valence-electron chi connectivity index (χ2n) is 5.78. The number of aliphatic hydroxyl groups is 1. The van der Waals surface area contributed by atoms with E-state index in [1.165, 1.54) is 0 Å². The van der Waals surface area contributed by atoms with Crippen LogP contribution < -0.4 is 0 Å². The van der Waals surface area contributed by atoms with Crippen LogP contribution in [0.2, 0.25) is 0 Å². The van der Waals surface area contributed by atoms with Crippen LogP contribution in [0.15, 0.2) is 5.10 Å². The molecule has 0 radical (unpaired) electrons. The molecule has 0 fully saturated rings. The Morgan fingerprint density at radius 2 is 1.86 bits per heavy atom. The van der Waals surface area contributed by atoms with Gasteiger partial charge in [0.1, 0.15) is 0 Å². The number of carbonyl (C=O) groups is 1. The molecule has 0 bridgehead atoms. The van der Waals surface area contributed by atoms with Gasteiger partial charge in [-0.2, -0.15) is 23.3 Å². The van der Waals surface area contributed by atoms with E-state index in [4.69, 9.17) is 0 Å². The smallest absolute Gasteiger partial charge is 0.362 e. The highest BCUT2D eigenvalue weighted by molar-refractivity contribution is 5.90. The van der Waals surface area contributed by atoms with Gasteiger partial charge in [-0.15, -0.1) is 0 Å². The average Bonchev–Trinajstić information content (AvgIpc) is 2.77. The van der Waals surface area contributed by atoms with E-state index < -0.39 is 24.2 Å². The van der Waals surface area contributed by atoms with Crippen molar-refractivity contribution in [1.29, 1.82) is 0 Å². The van der Waals surface area contributed by atoms with Crippen molar-refractivity contribution in [2.45, 2.75) is 83.5 Å². The third-order valence-corrected chi connectivity index (χ3v) is 3.77. The van der Waals surface area contributed by atoms with E-state index in [9.17, 15) is 23.1 Å². The van der Waals surface area contributed by atoms with Crippen LogP contribution in [0.3, 0.4) is 0 Å². The minimum atomic E-state index is -4.91. The molecule has 0 saturated carbocycles. The topological polar surface area (TPSA) is 52.9 Å². The largest absolute Gasteiger partial charge is 0.438 e. The predicted octanol–water partition coefficient (Wildman–Crippen LogP) is 3.99. The number of hydrogen-bond donors (Lipinski definition) is 1. The van der Waals surface area contributed by atoms with Crippen LogP contribution in [-0.4, -0.2) is 33.6 Å². The van der Waals surface area contributed by atoms with Crippen molar-refractivity contribution in [2.24, 2.45) is 5.10 Å². The van der Waals surface area contributed by atoms with Crippen molar-refractivity contribution < 1.29 is 23.1 Å². The van der Waals surface area contributed by atoms with Crippen LogP contribution >= 0.6 is 0 Å². The van der Waals surface area contributed by atoms with Crippen molar-refractivity contribution in [3.05, 3.63) is 0 Å². The Kier molecular flexibility index (Phi) is 6.84. The van der Waals surface area contributed by atoms with E-state index in [0.29, 0.717) is 19.3 Å². The van der Waals surface area contributed by atoms with Crippen LogP contribution in [0, 0.1) is 0 Å². The first-order valence-electron chi connectivity index (χ1n) is 7.94. The minimum Gasteiger partial charge on any atom is -0.362 e. The summed E-state index contributed by atoms with van der Waals surface area (Å²) in [5, 5.41) is 14.0. The normalized spacial score (nSPS) is 22.1. The van der Waals surface area contributed by atoms with Gasteiger partial charge in [0, 0.05) is 18.6 Å². The summed E-state index contributed by atoms with van der Waals surface area (Å²) in [6.45, 7) is 3.87. The Hall–Kier alpha value is -1.11. The van der Waals surface area contributed by atoms with Gasteiger partial charge in [-0.05, 0) is 12.8 Å². The molecule has 1 atom stereocenters. The molecule has 0 spiro atoms. The zero-order valence-electron chi connectivity index (χ0n) is 13.2. The molecule has 1 aliphatic rings. The number of rotatable bonds is 8. The molecule has 0 aliphatic carbocycles. The summed E-state index contributed by atoms with van der Waals surface area (Å²) in [6, 6.07) is 0. The van der Waals surface area contributed by atoms with Gasteiger partial charge in [0.15, 0.2) is 0 Å². The summed E-state index contributed by atoms with van der Waals surface area (Å²) in [6.07, 6.45) is -0.254. The Bertz CT molecular complexity index is 410. The summed E-state index contributed by atoms with van der Waals surface area (Å²) < 4.78 is 39.4. The van der Waals surface area contributed by atoms with E-state index in [-0.39, 0.29) is 17.1 Å². The van der Waals surface area contributed by atoms with E-state index in [1.54, 1.807) is 0 Å². The minimum absolute atomic E-state index is 0.0228. The maximum atomic E-state index is 13.1. The molecule has 1 aliphatic heterocycles. The van der Waals surface area contributed by atoms with Gasteiger partial charge in [-0.1, -0.05) is 46.0 Å². The molecule has 128 valence electrons. The number of amides is 1. The second kappa shape index (κ2) is 7.94. The number of nitrogens with zero attached hydrogens (tertiary/aromatic N) is 2. The second-order valence-corrected chi connectivity index (χ2v) is 5.78. The van der Waals surface area contributed by atoms with Crippen molar-refractivity contribution in [3.8, 4) is 0 Å². The van der Waals surface area contributed by atoms with Crippen molar-refractivity contribution in [1.82, 2.24) is 5.01 Å². The highest BCUT2D eigenvalue weighted by Gasteiger charge is 2.62. The molecule has 0 aromatic heterocycles. The van der Waals surface area contributed by atoms with Gasteiger partial charge in [-0.3, -0.25) is 4.79 Å². The van der Waals surface area contributed by atoms with Crippen molar-refractivity contribution in [3.63, 3.8) is 0 Å². The Morgan fingerprint density at radius 3 is 2.41 bits per heavy atom. The maximum absolute atomic E-state index is 13.1. The van der Waals surface area contributed by atoms with Crippen LogP contribution in [0.25, 0.3) is 0 Å². The SMILES string of the molecule is CCCCCCCC(=O)N1N=C(CCC)C[C@@]1(O)C(F)(F)F. The fourth-order valence-corrected chi connectivity index (χ4v) is 2.51. The Balaban J connectivity index is 2.71. The number of alkyl halides is 3. The average molecular weight is 322 g/mol. The molecule has 0 aromatic carbocycles. The third kappa shape index (κ3) is 4.44. The molecule has 1 rings (SSSR count). The molecule has 22 heavy (non-hydrogen) atoms. The number of carbonyl (C=O) groups excluding carboxylic acids is 1. The third-order valence-electron chi connectivity index (χ3n) is 3.77. The standard InChI is InChI=1S/C15H25F3N2O2/c1-3-5-6-7-8-10-13(21)20-14(22,15(16,17)18)11-12(19-20)9-4-2/h22H,3-11H2,1-2H3/t14-/m1/s1. The van der Waals surface area contributed by atoms with Gasteiger partial charge in [0.25, 0.3) is 5.72 Å². The van der Waals surface area contributed by atoms with Crippen molar-refractivity contribution in [2.75, 3.05) is 0 Å². The van der Waals surface area contributed by atoms with Crippen LogP contribution in [-0.2, 0) is 4.79 Å². The first kappa shape index (κ1) is 18.9. The first-order valence-corrected chi connectivity index (χ1v) is 7.94. The molecule has 0 unspecified atom stereocenters. The molecule has 7 heteroatoms. The number of halogens is 3. The van der Waals surface area contributed by atoms with E-state index in [0.717, 1.165) is 25.7 Å². The predicted molar refractivity (Wildman–Crippen MR) is 78.2 cm³/mol. The molecule has 1 amide bonds. The quantitative estimate of drug-likeness (QED) is 0.687. The molecule has 1 N–H and O–H groups in total. The highest BCUT2D eigenvalue weighted by atomic mass is 19.4. The van der Waals surface area contributed by atoms with E-state index >= 15 is 0 Å². The van der Waals surface area contributed by atoms with Gasteiger partial charge in [-0.25, -0.2) is 0 Å². The first-order chi connectivity index (χ1) is 10.3. The number of unbranched alkanes of at least 4 members (excludes halogenated alkanes) is 4. The lowest BCUT2D eigenvalue weighted by molar-refractivity contribution is -0.302. The zero-order chi connectivity index (χ0) is 16.8. The zero-order valence-corrected chi connectivity index (χ0v) is 13.2. The van der Waals surface area contributed by atoms with Gasteiger partial charge < -0.3 is 5.11 Å². The highest BCUT2D eigenvalue weighted by Crippen LogP contribution is 2.41. The summed E-state index contributed by atoms with van der Waals surface area (Å²) in [5.74, 6) is -0.762. The van der Waals surface area contributed by atoms with E-state index in [1.807, 2.05) is 6.92 Å². The van der Waals surface area contributed by atoms with E-state index in [2.05, 4.69) is 12.0 Å². The molecule has 0 aromatic rings. The molecule has 1 heterocycles. The maximum Gasteiger partial charge on any atom is 0.438 e. The number of hydrogen-bond acceptors (Lipinski definition) is 3. The fourth-order valence-electron chi connectivity index (χ4n) is 2.51. The van der Waals surface area contributed by atoms with Crippen LogP contribution in [0.5, 0.6) is 0 Å².